The van der Waals surface area contributed by atoms with Gasteiger partial charge >= 0.3 is 0 Å². The summed E-state index contributed by atoms with van der Waals surface area (Å²) in [6.45, 7) is 4.51. The molecule has 0 atom stereocenters. The number of pyridine rings is 1. The zero-order valence-electron chi connectivity index (χ0n) is 9.44. The summed E-state index contributed by atoms with van der Waals surface area (Å²) in [6, 6.07) is 6.27. The maximum Gasteiger partial charge on any atom is 0.0965 e. The topological polar surface area (TPSA) is 16.1 Å². The SMILES string of the molecule is Cc1cccc(SC2CCN(C)CC2)n1. The third-order valence-electron chi connectivity index (χ3n) is 2.82. The average molecular weight is 222 g/mol. The summed E-state index contributed by atoms with van der Waals surface area (Å²) in [4.78, 5) is 6.94. The van der Waals surface area contributed by atoms with E-state index < -0.39 is 0 Å². The lowest BCUT2D eigenvalue weighted by Crippen LogP contribution is -2.31. The van der Waals surface area contributed by atoms with Crippen molar-refractivity contribution < 1.29 is 0 Å². The van der Waals surface area contributed by atoms with Crippen LogP contribution in [0.2, 0.25) is 0 Å². The Morgan fingerprint density at radius 3 is 2.73 bits per heavy atom. The molecule has 2 heterocycles. The van der Waals surface area contributed by atoms with Crippen molar-refractivity contribution in [1.29, 1.82) is 0 Å². The molecule has 0 saturated carbocycles. The number of piperidine rings is 1. The summed E-state index contributed by atoms with van der Waals surface area (Å²) in [5.74, 6) is 0. The van der Waals surface area contributed by atoms with Gasteiger partial charge in [0, 0.05) is 10.9 Å². The first-order valence-corrected chi connectivity index (χ1v) is 6.41. The molecular formula is C12H18N2S. The third-order valence-corrected chi connectivity index (χ3v) is 4.09. The Bertz CT molecular complexity index is 319. The first-order chi connectivity index (χ1) is 7.24. The van der Waals surface area contributed by atoms with E-state index in [1.807, 2.05) is 11.8 Å². The van der Waals surface area contributed by atoms with E-state index in [1.165, 1.54) is 31.0 Å². The molecule has 0 aromatic carbocycles. The lowest BCUT2D eigenvalue weighted by atomic mass is 10.1. The zero-order valence-corrected chi connectivity index (χ0v) is 10.3. The normalized spacial score (nSPS) is 19.3. The van der Waals surface area contributed by atoms with Crippen LogP contribution in [-0.4, -0.2) is 35.3 Å². The van der Waals surface area contributed by atoms with Crippen molar-refractivity contribution in [2.24, 2.45) is 0 Å². The van der Waals surface area contributed by atoms with Gasteiger partial charge in [-0.2, -0.15) is 0 Å². The van der Waals surface area contributed by atoms with Gasteiger partial charge < -0.3 is 4.90 Å². The van der Waals surface area contributed by atoms with Gasteiger partial charge in [-0.3, -0.25) is 0 Å². The van der Waals surface area contributed by atoms with Crippen molar-refractivity contribution in [2.45, 2.75) is 30.0 Å². The molecule has 0 N–H and O–H groups in total. The highest BCUT2D eigenvalue weighted by Gasteiger charge is 2.17. The molecule has 1 aromatic heterocycles. The van der Waals surface area contributed by atoms with Crippen LogP contribution in [0.1, 0.15) is 18.5 Å². The highest BCUT2D eigenvalue weighted by Crippen LogP contribution is 2.28. The molecule has 0 unspecified atom stereocenters. The van der Waals surface area contributed by atoms with Gasteiger partial charge in [0.2, 0.25) is 0 Å². The van der Waals surface area contributed by atoms with Crippen LogP contribution in [0.15, 0.2) is 23.2 Å². The standard InChI is InChI=1S/C12H18N2S/c1-10-4-3-5-12(13-10)15-11-6-8-14(2)9-7-11/h3-5,11H,6-9H2,1-2H3. The summed E-state index contributed by atoms with van der Waals surface area (Å²) >= 11 is 1.94. The minimum atomic E-state index is 0.760. The quantitative estimate of drug-likeness (QED) is 0.765. The van der Waals surface area contributed by atoms with Gasteiger partial charge in [0.25, 0.3) is 0 Å². The van der Waals surface area contributed by atoms with Gasteiger partial charge in [-0.15, -0.1) is 11.8 Å². The van der Waals surface area contributed by atoms with Gasteiger partial charge in [0.05, 0.1) is 5.03 Å². The van der Waals surface area contributed by atoms with E-state index in [-0.39, 0.29) is 0 Å². The van der Waals surface area contributed by atoms with Crippen LogP contribution in [0.4, 0.5) is 0 Å². The van der Waals surface area contributed by atoms with E-state index >= 15 is 0 Å². The van der Waals surface area contributed by atoms with E-state index in [2.05, 4.69) is 42.1 Å². The molecule has 1 aliphatic heterocycles. The maximum atomic E-state index is 4.54. The molecule has 3 heteroatoms. The molecule has 1 aliphatic rings. The fraction of sp³-hybridized carbons (Fsp3) is 0.583. The smallest absolute Gasteiger partial charge is 0.0965 e. The Kier molecular flexibility index (Phi) is 3.65. The molecule has 1 saturated heterocycles. The van der Waals surface area contributed by atoms with E-state index in [1.54, 1.807) is 0 Å². The minimum absolute atomic E-state index is 0.760. The molecule has 82 valence electrons. The van der Waals surface area contributed by atoms with E-state index in [0.717, 1.165) is 10.9 Å². The summed E-state index contributed by atoms with van der Waals surface area (Å²) < 4.78 is 0. The fourth-order valence-electron chi connectivity index (χ4n) is 1.86. The number of rotatable bonds is 2. The molecule has 2 nitrogen and oxygen atoms in total. The van der Waals surface area contributed by atoms with Crippen LogP contribution >= 0.6 is 11.8 Å². The molecule has 0 bridgehead atoms. The summed E-state index contributed by atoms with van der Waals surface area (Å²) in [5.41, 5.74) is 1.12. The lowest BCUT2D eigenvalue weighted by Gasteiger charge is -2.28. The second-order valence-electron chi connectivity index (χ2n) is 4.24. The van der Waals surface area contributed by atoms with Crippen LogP contribution in [0.3, 0.4) is 0 Å². The van der Waals surface area contributed by atoms with E-state index in [9.17, 15) is 0 Å². The Hall–Kier alpha value is -0.540. The van der Waals surface area contributed by atoms with Crippen LogP contribution < -0.4 is 0 Å². The second kappa shape index (κ2) is 4.99. The summed E-state index contributed by atoms with van der Waals surface area (Å²) in [5, 5.41) is 1.94. The van der Waals surface area contributed by atoms with Gasteiger partial charge in [-0.1, -0.05) is 6.07 Å². The Morgan fingerprint density at radius 1 is 1.33 bits per heavy atom. The molecule has 2 rings (SSSR count). The van der Waals surface area contributed by atoms with Gasteiger partial charge in [-0.05, 0) is 52.0 Å². The molecule has 1 aromatic rings. The largest absolute Gasteiger partial charge is 0.306 e. The van der Waals surface area contributed by atoms with Crippen molar-refractivity contribution in [3.63, 3.8) is 0 Å². The molecular weight excluding hydrogens is 204 g/mol. The van der Waals surface area contributed by atoms with E-state index in [4.69, 9.17) is 0 Å². The van der Waals surface area contributed by atoms with Crippen molar-refractivity contribution >= 4 is 11.8 Å². The first-order valence-electron chi connectivity index (χ1n) is 5.53. The van der Waals surface area contributed by atoms with Crippen molar-refractivity contribution in [3.05, 3.63) is 23.9 Å². The zero-order chi connectivity index (χ0) is 10.7. The summed E-state index contributed by atoms with van der Waals surface area (Å²) in [7, 11) is 2.20. The van der Waals surface area contributed by atoms with Gasteiger partial charge in [0.1, 0.15) is 0 Å². The van der Waals surface area contributed by atoms with Crippen LogP contribution in [0, 0.1) is 6.92 Å². The third kappa shape index (κ3) is 3.21. The van der Waals surface area contributed by atoms with Crippen molar-refractivity contribution in [2.75, 3.05) is 20.1 Å². The molecule has 0 amide bonds. The number of aryl methyl sites for hydroxylation is 1. The van der Waals surface area contributed by atoms with Crippen LogP contribution in [0.25, 0.3) is 0 Å². The molecule has 0 aliphatic carbocycles. The second-order valence-corrected chi connectivity index (χ2v) is 5.56. The van der Waals surface area contributed by atoms with Gasteiger partial charge in [0.15, 0.2) is 0 Å². The fourth-order valence-corrected chi connectivity index (χ4v) is 3.00. The molecule has 0 spiro atoms. The lowest BCUT2D eigenvalue weighted by molar-refractivity contribution is 0.282. The van der Waals surface area contributed by atoms with Crippen molar-refractivity contribution in [1.82, 2.24) is 9.88 Å². The predicted octanol–water partition coefficient (Wildman–Crippen LogP) is 2.58. The number of aromatic nitrogens is 1. The summed E-state index contributed by atoms with van der Waals surface area (Å²) in [6.07, 6.45) is 2.58. The first kappa shape index (κ1) is 11.0. The Labute approximate surface area is 96.1 Å². The number of thioether (sulfide) groups is 1. The average Bonchev–Trinajstić information content (AvgIpc) is 2.22. The predicted molar refractivity (Wildman–Crippen MR) is 65.4 cm³/mol. The Balaban J connectivity index is 1.92. The number of hydrogen-bond donors (Lipinski definition) is 0. The highest BCUT2D eigenvalue weighted by molar-refractivity contribution is 7.99. The molecule has 15 heavy (non-hydrogen) atoms. The number of hydrogen-bond acceptors (Lipinski definition) is 3. The molecule has 0 radical (unpaired) electrons. The Morgan fingerprint density at radius 2 is 2.07 bits per heavy atom. The monoisotopic (exact) mass is 222 g/mol. The van der Waals surface area contributed by atoms with Gasteiger partial charge in [-0.25, -0.2) is 4.98 Å². The maximum absolute atomic E-state index is 4.54. The van der Waals surface area contributed by atoms with Crippen LogP contribution in [0.5, 0.6) is 0 Å². The van der Waals surface area contributed by atoms with Crippen molar-refractivity contribution in [3.8, 4) is 0 Å². The number of nitrogens with zero attached hydrogens (tertiary/aromatic N) is 2. The van der Waals surface area contributed by atoms with Crippen LogP contribution in [-0.2, 0) is 0 Å². The molecule has 1 fully saturated rings. The minimum Gasteiger partial charge on any atom is -0.306 e. The number of likely N-dealkylation sites (tertiary alicyclic amines) is 1. The van der Waals surface area contributed by atoms with E-state index in [0.29, 0.717) is 0 Å². The highest BCUT2D eigenvalue weighted by atomic mass is 32.2.